The molecule has 4 heterocycles. The average Bonchev–Trinajstić information content (AvgIpc) is 4.09. The summed E-state index contributed by atoms with van der Waals surface area (Å²) in [5.41, 5.74) is 12.1. The van der Waals surface area contributed by atoms with E-state index in [2.05, 4.69) is 169 Å². The van der Waals surface area contributed by atoms with E-state index in [4.69, 9.17) is 19.4 Å². The lowest BCUT2D eigenvalue weighted by Crippen LogP contribution is -2.00. The molecular formula is C63H38N4OS. The molecule has 0 unspecified atom stereocenters. The van der Waals surface area contributed by atoms with Gasteiger partial charge in [0.05, 0.1) is 11.0 Å². The smallest absolute Gasteiger partial charge is 0.164 e. The molecule has 0 radical (unpaired) electrons. The van der Waals surface area contributed by atoms with E-state index in [-0.39, 0.29) is 0 Å². The summed E-state index contributed by atoms with van der Waals surface area (Å²) in [6, 6.07) is 68.8. The molecule has 0 amide bonds. The first-order valence-electron chi connectivity index (χ1n) is 23.1. The fourth-order valence-electron chi connectivity index (χ4n) is 10.7. The van der Waals surface area contributed by atoms with Crippen LogP contribution in [-0.2, 0) is 0 Å². The summed E-state index contributed by atoms with van der Waals surface area (Å²) < 4.78 is 11.6. The summed E-state index contributed by atoms with van der Waals surface area (Å²) in [5, 5.41) is 11.3. The van der Waals surface area contributed by atoms with Gasteiger partial charge in [0.2, 0.25) is 0 Å². The Bertz CT molecular complexity index is 4430. The quantitative estimate of drug-likeness (QED) is 0.150. The normalized spacial score (nSPS) is 11.9. The topological polar surface area (TPSA) is 56.7 Å². The Morgan fingerprint density at radius 3 is 1.75 bits per heavy atom. The van der Waals surface area contributed by atoms with Gasteiger partial charge in [-0.2, -0.15) is 0 Å². The first-order chi connectivity index (χ1) is 34.1. The first-order valence-corrected chi connectivity index (χ1v) is 23.9. The number of hydrogen-bond acceptors (Lipinski definition) is 5. The third-order valence-corrected chi connectivity index (χ3v) is 14.9. The van der Waals surface area contributed by atoms with E-state index in [1.54, 1.807) is 0 Å². The van der Waals surface area contributed by atoms with Gasteiger partial charge in [0.15, 0.2) is 17.5 Å². The van der Waals surface area contributed by atoms with Gasteiger partial charge in [-0.25, -0.2) is 15.0 Å². The van der Waals surface area contributed by atoms with Crippen LogP contribution in [0.5, 0.6) is 0 Å². The second-order valence-corrected chi connectivity index (χ2v) is 18.6. The lowest BCUT2D eigenvalue weighted by atomic mass is 9.90. The molecule has 0 saturated carbocycles. The number of aromatic nitrogens is 4. The van der Waals surface area contributed by atoms with Gasteiger partial charge in [-0.15, -0.1) is 11.3 Å². The van der Waals surface area contributed by atoms with Crippen LogP contribution in [-0.4, -0.2) is 19.5 Å². The zero-order valence-corrected chi connectivity index (χ0v) is 38.0. The predicted molar refractivity (Wildman–Crippen MR) is 291 cm³/mol. The number of hydrogen-bond donors (Lipinski definition) is 0. The predicted octanol–water partition coefficient (Wildman–Crippen LogP) is 17.5. The number of nitrogens with zero attached hydrogens (tertiary/aromatic N) is 4. The van der Waals surface area contributed by atoms with Crippen molar-refractivity contribution in [1.29, 1.82) is 0 Å². The van der Waals surface area contributed by atoms with Crippen molar-refractivity contribution in [3.05, 3.63) is 218 Å². The molecule has 322 valence electrons. The van der Waals surface area contributed by atoms with Crippen LogP contribution in [0.2, 0.25) is 0 Å². The van der Waals surface area contributed by atoms with Gasteiger partial charge < -0.3 is 8.98 Å². The molecule has 69 heavy (non-hydrogen) atoms. The van der Waals surface area contributed by atoms with Gasteiger partial charge in [-0.05, 0) is 98.4 Å². The Morgan fingerprint density at radius 1 is 0.391 bits per heavy atom. The molecule has 10 aromatic carbocycles. The van der Waals surface area contributed by atoms with E-state index in [9.17, 15) is 0 Å². The lowest BCUT2D eigenvalue weighted by molar-refractivity contribution is 0.669. The Morgan fingerprint density at radius 2 is 1.00 bits per heavy atom. The van der Waals surface area contributed by atoms with Gasteiger partial charge in [-0.3, -0.25) is 0 Å². The van der Waals surface area contributed by atoms with Gasteiger partial charge >= 0.3 is 0 Å². The minimum atomic E-state index is 0.566. The van der Waals surface area contributed by atoms with E-state index in [0.717, 1.165) is 88.1 Å². The number of furan rings is 1. The number of fused-ring (bicyclic) bond motifs is 12. The maximum Gasteiger partial charge on any atom is 0.164 e. The van der Waals surface area contributed by atoms with Crippen LogP contribution < -0.4 is 0 Å². The highest BCUT2D eigenvalue weighted by Crippen LogP contribution is 2.46. The standard InChI is InChI=1S/C63H38N4OS/c1-3-41-42(4-2)45-31-29-39(34-51(45)44-20-9-8-19-43(41)44)62-64-61(37-17-6-5-7-18-37)65-63(66-62)49-24-16-27-56-59(49)52-33-38(30-32-55(52)68-56)50-35-40(36-58-60(50)48-23-12-15-28-57(48)69-58)67-53-25-13-10-21-46(53)47-22-11-14-26-54(47)67/h3-36H,1-2H2. The molecule has 0 aliphatic rings. The highest BCUT2D eigenvalue weighted by molar-refractivity contribution is 7.26. The molecule has 0 saturated heterocycles. The van der Waals surface area contributed by atoms with Crippen molar-refractivity contribution < 1.29 is 4.42 Å². The fourth-order valence-corrected chi connectivity index (χ4v) is 11.9. The highest BCUT2D eigenvalue weighted by atomic mass is 32.1. The van der Waals surface area contributed by atoms with Gasteiger partial charge in [0, 0.05) is 64.1 Å². The molecule has 0 aliphatic heterocycles. The Kier molecular flexibility index (Phi) is 8.69. The van der Waals surface area contributed by atoms with Gasteiger partial charge in [0.25, 0.3) is 0 Å². The van der Waals surface area contributed by atoms with Crippen LogP contribution in [0.3, 0.4) is 0 Å². The average molecular weight is 899 g/mol. The van der Waals surface area contributed by atoms with E-state index in [1.165, 1.54) is 42.0 Å². The SMILES string of the molecule is C=Cc1c(C=C)c2ccc(-c3nc(-c4ccccc4)nc(-c4cccc5oc6ccc(-c7cc(-n8c9ccccc9c9ccccc98)cc8sc9ccccc9c78)cc6c45)n3)cc2c2ccccc12. The van der Waals surface area contributed by atoms with E-state index < -0.39 is 0 Å². The van der Waals surface area contributed by atoms with Crippen LogP contribution in [0, 0.1) is 0 Å². The zero-order valence-electron chi connectivity index (χ0n) is 37.1. The molecule has 0 fully saturated rings. The molecule has 14 rings (SSSR count). The van der Waals surface area contributed by atoms with Gasteiger partial charge in [0.1, 0.15) is 11.2 Å². The molecular weight excluding hydrogens is 861 g/mol. The van der Waals surface area contributed by atoms with Gasteiger partial charge in [-0.1, -0.05) is 165 Å². The van der Waals surface area contributed by atoms with Crippen molar-refractivity contribution in [3.63, 3.8) is 0 Å². The van der Waals surface area contributed by atoms with E-state index >= 15 is 0 Å². The Hall–Kier alpha value is -8.97. The molecule has 0 spiro atoms. The van der Waals surface area contributed by atoms with Crippen molar-refractivity contribution in [3.8, 4) is 51.0 Å². The third kappa shape index (κ3) is 5.99. The summed E-state index contributed by atoms with van der Waals surface area (Å²) in [6.45, 7) is 8.36. The number of para-hydroxylation sites is 2. The minimum absolute atomic E-state index is 0.566. The van der Waals surface area contributed by atoms with Crippen molar-refractivity contribution in [2.45, 2.75) is 0 Å². The monoisotopic (exact) mass is 898 g/mol. The summed E-state index contributed by atoms with van der Waals surface area (Å²) in [6.07, 6.45) is 3.85. The first kappa shape index (κ1) is 39.2. The van der Waals surface area contributed by atoms with Crippen LogP contribution in [0.15, 0.2) is 212 Å². The molecule has 0 N–H and O–H groups in total. The Balaban J connectivity index is 0.998. The van der Waals surface area contributed by atoms with E-state index in [0.29, 0.717) is 17.5 Å². The second kappa shape index (κ2) is 15.3. The van der Waals surface area contributed by atoms with Crippen LogP contribution in [0.1, 0.15) is 11.1 Å². The summed E-state index contributed by atoms with van der Waals surface area (Å²) >= 11 is 1.84. The highest BCUT2D eigenvalue weighted by Gasteiger charge is 2.22. The van der Waals surface area contributed by atoms with E-state index in [1.807, 2.05) is 66.0 Å². The molecule has 4 aromatic heterocycles. The number of benzene rings is 10. The molecule has 0 atom stereocenters. The molecule has 14 aromatic rings. The molecule has 0 bridgehead atoms. The number of thiophene rings is 1. The summed E-state index contributed by atoms with van der Waals surface area (Å²) in [7, 11) is 0. The van der Waals surface area contributed by atoms with Crippen molar-refractivity contribution in [1.82, 2.24) is 19.5 Å². The fraction of sp³-hybridized carbons (Fsp3) is 0. The second-order valence-electron chi connectivity index (χ2n) is 17.5. The van der Waals surface area contributed by atoms with Crippen LogP contribution in [0.4, 0.5) is 0 Å². The Labute approximate surface area is 400 Å². The summed E-state index contributed by atoms with van der Waals surface area (Å²) in [5.74, 6) is 1.74. The maximum absolute atomic E-state index is 6.70. The molecule has 6 heteroatoms. The van der Waals surface area contributed by atoms with Crippen molar-refractivity contribution in [2.75, 3.05) is 0 Å². The molecule has 0 aliphatic carbocycles. The maximum atomic E-state index is 6.70. The number of rotatable bonds is 7. The molecule has 5 nitrogen and oxygen atoms in total. The van der Waals surface area contributed by atoms with Crippen molar-refractivity contribution >= 4 is 109 Å². The lowest BCUT2D eigenvalue weighted by Gasteiger charge is -2.14. The van der Waals surface area contributed by atoms with Crippen molar-refractivity contribution in [2.24, 2.45) is 0 Å². The largest absolute Gasteiger partial charge is 0.456 e. The summed E-state index contributed by atoms with van der Waals surface area (Å²) in [4.78, 5) is 15.8. The van der Waals surface area contributed by atoms with Crippen LogP contribution in [0.25, 0.3) is 149 Å². The van der Waals surface area contributed by atoms with Crippen LogP contribution >= 0.6 is 11.3 Å². The third-order valence-electron chi connectivity index (χ3n) is 13.8. The zero-order chi connectivity index (χ0) is 45.7. The minimum Gasteiger partial charge on any atom is -0.456 e.